The first-order valence-corrected chi connectivity index (χ1v) is 7.02. The molecule has 3 N–H and O–H groups in total. The summed E-state index contributed by atoms with van der Waals surface area (Å²) >= 11 is 0. The molecule has 0 bridgehead atoms. The number of amides is 1. The van der Waals surface area contributed by atoms with Gasteiger partial charge in [-0.15, -0.1) is 0 Å². The Labute approximate surface area is 119 Å². The highest BCUT2D eigenvalue weighted by Crippen LogP contribution is 2.19. The van der Waals surface area contributed by atoms with Crippen LogP contribution >= 0.6 is 0 Å². The van der Waals surface area contributed by atoms with E-state index in [4.69, 9.17) is 5.73 Å². The predicted octanol–water partition coefficient (Wildman–Crippen LogP) is 1.25. The molecule has 1 saturated carbocycles. The Kier molecular flexibility index (Phi) is 5.09. The lowest BCUT2D eigenvalue weighted by molar-refractivity contribution is -0.122. The molecule has 2 rings (SSSR count). The van der Waals surface area contributed by atoms with E-state index < -0.39 is 0 Å². The molecule has 1 amide bonds. The monoisotopic (exact) mass is 279 g/mol. The lowest BCUT2D eigenvalue weighted by atomic mass is 10.1. The fraction of sp³-hybridized carbons (Fsp3) is 0.533. The number of nitrogens with two attached hydrogens (primary N) is 1. The number of carbonyl (C=O) groups excluding carboxylic acids is 1. The topological polar surface area (TPSA) is 58.4 Å². The maximum atomic E-state index is 12.9. The first-order chi connectivity index (χ1) is 9.58. The number of hydrogen-bond donors (Lipinski definition) is 2. The quantitative estimate of drug-likeness (QED) is 0.790. The first-order valence-electron chi connectivity index (χ1n) is 7.02. The van der Waals surface area contributed by atoms with Gasteiger partial charge in [-0.25, -0.2) is 4.39 Å². The van der Waals surface area contributed by atoms with Gasteiger partial charge in [-0.1, -0.05) is 12.1 Å². The van der Waals surface area contributed by atoms with E-state index >= 15 is 0 Å². The molecule has 0 aromatic heterocycles. The summed E-state index contributed by atoms with van der Waals surface area (Å²) in [5.74, 6) is -0.176. The van der Waals surface area contributed by atoms with Crippen molar-refractivity contribution in [3.63, 3.8) is 0 Å². The Morgan fingerprint density at radius 1 is 1.45 bits per heavy atom. The second kappa shape index (κ2) is 6.81. The molecule has 1 aromatic carbocycles. The van der Waals surface area contributed by atoms with E-state index in [2.05, 4.69) is 5.32 Å². The molecule has 0 heterocycles. The van der Waals surface area contributed by atoms with Gasteiger partial charge >= 0.3 is 0 Å². The lowest BCUT2D eigenvalue weighted by Crippen LogP contribution is -2.41. The molecular formula is C15H22FN3O. The molecule has 20 heavy (non-hydrogen) atoms. The summed E-state index contributed by atoms with van der Waals surface area (Å²) < 4.78 is 12.9. The molecule has 1 aliphatic rings. The fourth-order valence-electron chi connectivity index (χ4n) is 2.15. The normalized spacial score (nSPS) is 16.2. The minimum absolute atomic E-state index is 0.00111. The van der Waals surface area contributed by atoms with Gasteiger partial charge in [0.1, 0.15) is 5.82 Å². The van der Waals surface area contributed by atoms with E-state index in [0.717, 1.165) is 18.4 Å². The maximum absolute atomic E-state index is 12.9. The van der Waals surface area contributed by atoms with Crippen molar-refractivity contribution in [3.8, 4) is 0 Å². The SMILES string of the molecule is CN(Cc1ccc(F)cc1)C(CN)CC(=O)NC1CC1. The molecule has 1 aliphatic carbocycles. The van der Waals surface area contributed by atoms with Crippen LogP contribution in [0.25, 0.3) is 0 Å². The van der Waals surface area contributed by atoms with Crippen LogP contribution in [0.4, 0.5) is 4.39 Å². The number of likely N-dealkylation sites (N-methyl/N-ethyl adjacent to an activating group) is 1. The summed E-state index contributed by atoms with van der Waals surface area (Å²) in [6.07, 6.45) is 2.58. The third-order valence-electron chi connectivity index (χ3n) is 3.60. The van der Waals surface area contributed by atoms with Gasteiger partial charge in [-0.2, -0.15) is 0 Å². The minimum Gasteiger partial charge on any atom is -0.353 e. The van der Waals surface area contributed by atoms with Crippen LogP contribution in [0.2, 0.25) is 0 Å². The zero-order chi connectivity index (χ0) is 14.5. The molecule has 4 nitrogen and oxygen atoms in total. The molecule has 110 valence electrons. The Bertz CT molecular complexity index is 445. The van der Waals surface area contributed by atoms with Crippen LogP contribution in [0.15, 0.2) is 24.3 Å². The van der Waals surface area contributed by atoms with Gasteiger partial charge in [-0.05, 0) is 37.6 Å². The molecule has 0 saturated heterocycles. The van der Waals surface area contributed by atoms with Gasteiger partial charge in [-0.3, -0.25) is 9.69 Å². The van der Waals surface area contributed by atoms with Crippen LogP contribution in [0, 0.1) is 5.82 Å². The zero-order valence-corrected chi connectivity index (χ0v) is 11.8. The highest BCUT2D eigenvalue weighted by molar-refractivity contribution is 5.77. The van der Waals surface area contributed by atoms with E-state index in [1.165, 1.54) is 12.1 Å². The first kappa shape index (κ1) is 14.9. The van der Waals surface area contributed by atoms with Crippen molar-refractivity contribution in [2.75, 3.05) is 13.6 Å². The summed E-state index contributed by atoms with van der Waals surface area (Å²) in [6, 6.07) is 6.77. The van der Waals surface area contributed by atoms with E-state index in [0.29, 0.717) is 25.6 Å². The highest BCUT2D eigenvalue weighted by atomic mass is 19.1. The van der Waals surface area contributed by atoms with Crippen LogP contribution in [-0.4, -0.2) is 36.5 Å². The van der Waals surface area contributed by atoms with E-state index in [9.17, 15) is 9.18 Å². The summed E-state index contributed by atoms with van der Waals surface area (Å²) in [7, 11) is 1.94. The summed E-state index contributed by atoms with van der Waals surface area (Å²) in [6.45, 7) is 1.08. The summed E-state index contributed by atoms with van der Waals surface area (Å²) in [5.41, 5.74) is 6.77. The van der Waals surface area contributed by atoms with E-state index in [1.54, 1.807) is 12.1 Å². The lowest BCUT2D eigenvalue weighted by Gasteiger charge is -2.26. The van der Waals surface area contributed by atoms with Crippen molar-refractivity contribution in [3.05, 3.63) is 35.6 Å². The molecule has 0 radical (unpaired) electrons. The average molecular weight is 279 g/mol. The van der Waals surface area contributed by atoms with E-state index in [-0.39, 0.29) is 17.8 Å². The van der Waals surface area contributed by atoms with Crippen LogP contribution < -0.4 is 11.1 Å². The fourth-order valence-corrected chi connectivity index (χ4v) is 2.15. The smallest absolute Gasteiger partial charge is 0.221 e. The largest absolute Gasteiger partial charge is 0.353 e. The van der Waals surface area contributed by atoms with Gasteiger partial charge in [0.05, 0.1) is 0 Å². The molecule has 0 spiro atoms. The Hall–Kier alpha value is -1.46. The highest BCUT2D eigenvalue weighted by Gasteiger charge is 2.25. The molecule has 1 fully saturated rings. The molecule has 1 aromatic rings. The number of hydrogen-bond acceptors (Lipinski definition) is 3. The van der Waals surface area contributed by atoms with Crippen molar-refractivity contribution in [2.45, 2.75) is 37.9 Å². The number of rotatable bonds is 7. The van der Waals surface area contributed by atoms with Gasteiger partial charge in [0.2, 0.25) is 5.91 Å². The second-order valence-corrected chi connectivity index (χ2v) is 5.48. The van der Waals surface area contributed by atoms with Crippen LogP contribution in [0.5, 0.6) is 0 Å². The summed E-state index contributed by atoms with van der Waals surface area (Å²) in [4.78, 5) is 13.9. The van der Waals surface area contributed by atoms with Crippen molar-refractivity contribution >= 4 is 5.91 Å². The molecule has 0 aliphatic heterocycles. The predicted molar refractivity (Wildman–Crippen MR) is 76.5 cm³/mol. The standard InChI is InChI=1S/C15H22FN3O/c1-19(10-11-2-4-12(16)5-3-11)14(9-17)8-15(20)18-13-6-7-13/h2-5,13-14H,6-10,17H2,1H3,(H,18,20). The Morgan fingerprint density at radius 3 is 2.65 bits per heavy atom. The minimum atomic E-state index is -0.240. The van der Waals surface area contributed by atoms with Crippen molar-refractivity contribution < 1.29 is 9.18 Å². The van der Waals surface area contributed by atoms with Crippen LogP contribution in [0.1, 0.15) is 24.8 Å². The third kappa shape index (κ3) is 4.58. The Morgan fingerprint density at radius 2 is 2.10 bits per heavy atom. The van der Waals surface area contributed by atoms with Crippen molar-refractivity contribution in [1.29, 1.82) is 0 Å². The van der Waals surface area contributed by atoms with Gasteiger partial charge in [0, 0.05) is 31.6 Å². The zero-order valence-electron chi connectivity index (χ0n) is 11.8. The van der Waals surface area contributed by atoms with Gasteiger partial charge in [0.25, 0.3) is 0 Å². The third-order valence-corrected chi connectivity index (χ3v) is 3.60. The molecule has 1 unspecified atom stereocenters. The average Bonchev–Trinajstić information content (AvgIpc) is 3.22. The van der Waals surface area contributed by atoms with Crippen LogP contribution in [0.3, 0.4) is 0 Å². The van der Waals surface area contributed by atoms with E-state index in [1.807, 2.05) is 11.9 Å². The number of halogens is 1. The summed E-state index contributed by atoms with van der Waals surface area (Å²) in [5, 5.41) is 2.97. The molecule has 1 atom stereocenters. The van der Waals surface area contributed by atoms with Gasteiger partial charge < -0.3 is 11.1 Å². The van der Waals surface area contributed by atoms with Crippen LogP contribution in [-0.2, 0) is 11.3 Å². The van der Waals surface area contributed by atoms with Crippen molar-refractivity contribution in [1.82, 2.24) is 10.2 Å². The number of nitrogens with one attached hydrogen (secondary N) is 1. The number of benzene rings is 1. The van der Waals surface area contributed by atoms with Crippen molar-refractivity contribution in [2.24, 2.45) is 5.73 Å². The Balaban J connectivity index is 1.85. The van der Waals surface area contributed by atoms with Gasteiger partial charge in [0.15, 0.2) is 0 Å². The second-order valence-electron chi connectivity index (χ2n) is 5.48. The number of carbonyl (C=O) groups is 1. The number of nitrogens with zero attached hydrogens (tertiary/aromatic N) is 1. The maximum Gasteiger partial charge on any atom is 0.221 e. The molecule has 5 heteroatoms. The molecular weight excluding hydrogens is 257 g/mol.